The molecule has 6 heteroatoms. The Bertz CT molecular complexity index is 513. The minimum atomic E-state index is 0.00523. The van der Waals surface area contributed by atoms with Crippen molar-refractivity contribution in [3.63, 3.8) is 0 Å². The van der Waals surface area contributed by atoms with Gasteiger partial charge in [0.15, 0.2) is 5.84 Å². The molecule has 0 bridgehead atoms. The first-order valence-electron chi connectivity index (χ1n) is 7.06. The maximum absolute atomic E-state index is 12.0. The van der Waals surface area contributed by atoms with E-state index in [1.807, 2.05) is 6.92 Å². The van der Waals surface area contributed by atoms with E-state index < -0.39 is 0 Å². The van der Waals surface area contributed by atoms with Crippen LogP contribution in [0.3, 0.4) is 0 Å². The molecule has 1 fully saturated rings. The van der Waals surface area contributed by atoms with Crippen LogP contribution in [0.25, 0.3) is 0 Å². The number of amidine groups is 1. The van der Waals surface area contributed by atoms with E-state index >= 15 is 0 Å². The molecule has 1 saturated heterocycles. The van der Waals surface area contributed by atoms with Crippen molar-refractivity contribution >= 4 is 11.7 Å². The maximum Gasteiger partial charge on any atom is 0.224 e. The summed E-state index contributed by atoms with van der Waals surface area (Å²) in [6.07, 6.45) is 2.23. The number of nitrogens with two attached hydrogens (primary N) is 1. The van der Waals surface area contributed by atoms with Crippen LogP contribution in [-0.4, -0.2) is 35.7 Å². The van der Waals surface area contributed by atoms with E-state index in [4.69, 9.17) is 15.7 Å². The van der Waals surface area contributed by atoms with Gasteiger partial charge in [0.25, 0.3) is 0 Å². The zero-order valence-corrected chi connectivity index (χ0v) is 12.1. The minimum Gasteiger partial charge on any atom is -0.409 e. The summed E-state index contributed by atoms with van der Waals surface area (Å²) < 4.78 is 5.46. The Hall–Kier alpha value is -2.08. The lowest BCUT2D eigenvalue weighted by Gasteiger charge is -2.27. The van der Waals surface area contributed by atoms with Crippen molar-refractivity contribution in [3.05, 3.63) is 35.4 Å². The number of hydrogen-bond donors (Lipinski definition) is 3. The summed E-state index contributed by atoms with van der Waals surface area (Å²) in [4.78, 5) is 12.0. The molecule has 1 aliphatic rings. The predicted octanol–water partition coefficient (Wildman–Crippen LogP) is 1.01. The second kappa shape index (κ2) is 7.08. The van der Waals surface area contributed by atoms with Crippen LogP contribution in [0.5, 0.6) is 0 Å². The Morgan fingerprint density at radius 1 is 1.48 bits per heavy atom. The Morgan fingerprint density at radius 2 is 2.19 bits per heavy atom. The quantitative estimate of drug-likeness (QED) is 0.334. The van der Waals surface area contributed by atoms with Crippen LogP contribution in [0.2, 0.25) is 0 Å². The first-order chi connectivity index (χ1) is 10.1. The number of carbonyl (C=O) groups is 1. The summed E-state index contributed by atoms with van der Waals surface area (Å²) in [7, 11) is 0. The van der Waals surface area contributed by atoms with E-state index in [2.05, 4.69) is 10.5 Å². The van der Waals surface area contributed by atoms with Crippen molar-refractivity contribution in [2.45, 2.75) is 38.3 Å². The molecule has 114 valence electrons. The predicted molar refractivity (Wildman–Crippen MR) is 79.2 cm³/mol. The van der Waals surface area contributed by atoms with Crippen LogP contribution in [-0.2, 0) is 16.0 Å². The van der Waals surface area contributed by atoms with Gasteiger partial charge in [-0.05, 0) is 25.3 Å². The summed E-state index contributed by atoms with van der Waals surface area (Å²) in [6.45, 7) is 2.71. The molecule has 21 heavy (non-hydrogen) atoms. The molecule has 0 aromatic heterocycles. The van der Waals surface area contributed by atoms with Gasteiger partial charge in [-0.3, -0.25) is 4.79 Å². The van der Waals surface area contributed by atoms with E-state index in [1.165, 1.54) is 0 Å². The highest BCUT2D eigenvalue weighted by atomic mass is 16.5. The van der Waals surface area contributed by atoms with Gasteiger partial charge >= 0.3 is 0 Å². The van der Waals surface area contributed by atoms with Gasteiger partial charge in [-0.2, -0.15) is 0 Å². The number of amides is 1. The lowest BCUT2D eigenvalue weighted by molar-refractivity contribution is -0.122. The second-order valence-corrected chi connectivity index (χ2v) is 5.33. The third-order valence-corrected chi connectivity index (χ3v) is 3.57. The van der Waals surface area contributed by atoms with Gasteiger partial charge in [-0.1, -0.05) is 29.4 Å². The Kier molecular flexibility index (Phi) is 5.16. The number of hydrogen-bond acceptors (Lipinski definition) is 4. The van der Waals surface area contributed by atoms with E-state index in [0.717, 1.165) is 18.4 Å². The van der Waals surface area contributed by atoms with Crippen LogP contribution in [0.1, 0.15) is 30.9 Å². The lowest BCUT2D eigenvalue weighted by atomic mass is 10.0. The summed E-state index contributed by atoms with van der Waals surface area (Å²) >= 11 is 0. The molecule has 0 saturated carbocycles. The van der Waals surface area contributed by atoms with E-state index in [0.29, 0.717) is 18.6 Å². The molecule has 1 aromatic rings. The third-order valence-electron chi connectivity index (χ3n) is 3.57. The summed E-state index contributed by atoms with van der Waals surface area (Å²) in [5.74, 6) is 0.0628. The summed E-state index contributed by atoms with van der Waals surface area (Å²) in [5, 5.41) is 14.6. The number of rotatable bonds is 4. The van der Waals surface area contributed by atoms with Gasteiger partial charge in [0.2, 0.25) is 5.91 Å². The molecular formula is C15H21N3O3. The van der Waals surface area contributed by atoms with Gasteiger partial charge in [0, 0.05) is 18.2 Å². The summed E-state index contributed by atoms with van der Waals surface area (Å²) in [5.41, 5.74) is 7.01. The smallest absolute Gasteiger partial charge is 0.224 e. The number of nitrogens with one attached hydrogen (secondary N) is 1. The largest absolute Gasteiger partial charge is 0.409 e. The minimum absolute atomic E-state index is 0.00523. The lowest BCUT2D eigenvalue weighted by Crippen LogP contribution is -2.41. The van der Waals surface area contributed by atoms with Crippen LogP contribution in [0.15, 0.2) is 29.4 Å². The Morgan fingerprint density at radius 3 is 2.81 bits per heavy atom. The highest BCUT2D eigenvalue weighted by Gasteiger charge is 2.20. The number of oxime groups is 1. The molecule has 2 atom stereocenters. The fraction of sp³-hybridized carbons (Fsp3) is 0.467. The molecule has 6 nitrogen and oxygen atoms in total. The average molecular weight is 291 g/mol. The van der Waals surface area contributed by atoms with Gasteiger partial charge in [-0.25, -0.2) is 0 Å². The van der Waals surface area contributed by atoms with Crippen LogP contribution in [0, 0.1) is 0 Å². The monoisotopic (exact) mass is 291 g/mol. The molecule has 0 radical (unpaired) electrons. The third kappa shape index (κ3) is 4.46. The van der Waals surface area contributed by atoms with Gasteiger partial charge in [0.1, 0.15) is 0 Å². The number of ether oxygens (including phenoxy) is 1. The van der Waals surface area contributed by atoms with Crippen LogP contribution in [0.4, 0.5) is 0 Å². The van der Waals surface area contributed by atoms with Crippen LogP contribution >= 0.6 is 0 Å². The molecular weight excluding hydrogens is 270 g/mol. The van der Waals surface area contributed by atoms with E-state index in [9.17, 15) is 4.79 Å². The van der Waals surface area contributed by atoms with Crippen LogP contribution < -0.4 is 11.1 Å². The molecule has 1 amide bonds. The van der Waals surface area contributed by atoms with Crippen molar-refractivity contribution < 1.29 is 14.7 Å². The second-order valence-electron chi connectivity index (χ2n) is 5.33. The molecule has 1 aliphatic heterocycles. The molecule has 2 unspecified atom stereocenters. The highest BCUT2D eigenvalue weighted by molar-refractivity contribution is 5.97. The Labute approximate surface area is 124 Å². The zero-order chi connectivity index (χ0) is 15.2. The molecule has 0 aliphatic carbocycles. The normalized spacial score (nSPS) is 22.8. The van der Waals surface area contributed by atoms with E-state index in [-0.39, 0.29) is 23.9 Å². The molecule has 0 spiro atoms. The molecule has 1 aromatic carbocycles. The highest BCUT2D eigenvalue weighted by Crippen LogP contribution is 2.13. The fourth-order valence-corrected chi connectivity index (χ4v) is 2.44. The number of carbonyl (C=O) groups excluding carboxylic acids is 1. The first kappa shape index (κ1) is 15.3. The number of benzene rings is 1. The fourth-order valence-electron chi connectivity index (χ4n) is 2.44. The van der Waals surface area contributed by atoms with Crippen molar-refractivity contribution in [3.8, 4) is 0 Å². The van der Waals surface area contributed by atoms with Crippen molar-refractivity contribution in [1.82, 2.24) is 5.32 Å². The van der Waals surface area contributed by atoms with Crippen molar-refractivity contribution in [2.24, 2.45) is 10.9 Å². The number of nitrogens with zero attached hydrogens (tertiary/aromatic N) is 1. The van der Waals surface area contributed by atoms with E-state index in [1.54, 1.807) is 24.3 Å². The first-order valence-corrected chi connectivity index (χ1v) is 7.06. The topological polar surface area (TPSA) is 96.9 Å². The summed E-state index contributed by atoms with van der Waals surface area (Å²) in [6, 6.07) is 7.26. The standard InChI is InChI=1S/C15H21N3O3/c1-10-8-13(6-7-21-10)17-14(19)9-11-2-4-12(5-3-11)15(16)18-20/h2-5,10,13,20H,6-9H2,1H3,(H2,16,18)(H,17,19). The molecule has 1 heterocycles. The SMILES string of the molecule is CC1CC(NC(=O)Cc2ccc(/C(N)=N/O)cc2)CCO1. The average Bonchev–Trinajstić information content (AvgIpc) is 2.47. The Balaban J connectivity index is 1.87. The van der Waals surface area contributed by atoms with Gasteiger partial charge in [-0.15, -0.1) is 0 Å². The van der Waals surface area contributed by atoms with Crippen molar-refractivity contribution in [1.29, 1.82) is 0 Å². The van der Waals surface area contributed by atoms with Gasteiger partial charge in [0.05, 0.1) is 12.5 Å². The van der Waals surface area contributed by atoms with Crippen molar-refractivity contribution in [2.75, 3.05) is 6.61 Å². The molecule has 2 rings (SSSR count). The van der Waals surface area contributed by atoms with Gasteiger partial charge < -0.3 is 21.0 Å². The molecule has 4 N–H and O–H groups in total. The zero-order valence-electron chi connectivity index (χ0n) is 12.1. The maximum atomic E-state index is 12.0.